The number of rotatable bonds is 4. The number of benzene rings is 2. The normalized spacial score (nSPS) is 11.5. The Balaban J connectivity index is 2.01. The molecule has 2 aromatic heterocycles. The molecule has 0 spiro atoms. The number of nitrogens with one attached hydrogen (secondary N) is 1. The van der Waals surface area contributed by atoms with E-state index in [0.29, 0.717) is 0 Å². The number of anilines is 2. The first-order chi connectivity index (χ1) is 17.4. The Bertz CT molecular complexity index is 1610. The van der Waals surface area contributed by atoms with Gasteiger partial charge in [-0.3, -0.25) is 5.32 Å². The zero-order valence-corrected chi connectivity index (χ0v) is 21.6. The van der Waals surface area contributed by atoms with Gasteiger partial charge < -0.3 is 14.4 Å². The molecule has 192 valence electrons. The number of carbonyl (C=O) groups excluding carboxylic acids is 1. The van der Waals surface area contributed by atoms with Crippen molar-refractivity contribution in [1.82, 2.24) is 9.97 Å². The predicted octanol–water partition coefficient (Wildman–Crippen LogP) is 6.22. The van der Waals surface area contributed by atoms with Crippen LogP contribution >= 0.6 is 11.3 Å². The molecule has 0 saturated carbocycles. The SMILES string of the molecule is COc1nc(N(C)C)c2cc(F)c(-c3ccc(F)c4sc(NC(=O)OC(C)(C)C)c(C#N)c34)c(F)c2n1. The summed E-state index contributed by atoms with van der Waals surface area (Å²) in [5, 5.41) is 12.4. The number of carbonyl (C=O) groups is 1. The highest BCUT2D eigenvalue weighted by molar-refractivity contribution is 7.23. The van der Waals surface area contributed by atoms with Gasteiger partial charge in [-0.1, -0.05) is 6.07 Å². The first kappa shape index (κ1) is 26.0. The zero-order valence-electron chi connectivity index (χ0n) is 20.8. The Kier molecular flexibility index (Phi) is 6.60. The average molecular weight is 530 g/mol. The standard InChI is InChI=1S/C25H22F3N5O3S/c1-25(2,3)36-24(34)32-22-13(10-29)16-11(7-8-14(26)20(16)37-22)17-15(27)9-12-19(18(17)28)30-23(35-6)31-21(12)33(4)5/h7-9H,1-6H3,(H,32,34). The van der Waals surface area contributed by atoms with E-state index in [1.165, 1.54) is 13.2 Å². The number of fused-ring (bicyclic) bond motifs is 2. The summed E-state index contributed by atoms with van der Waals surface area (Å²) in [5.74, 6) is -2.50. The van der Waals surface area contributed by atoms with Gasteiger partial charge in [0.15, 0.2) is 5.82 Å². The van der Waals surface area contributed by atoms with Crippen molar-refractivity contribution in [3.63, 3.8) is 0 Å². The lowest BCUT2D eigenvalue weighted by molar-refractivity contribution is 0.0636. The third kappa shape index (κ3) is 4.70. The van der Waals surface area contributed by atoms with Crippen molar-refractivity contribution in [3.8, 4) is 23.2 Å². The molecule has 4 rings (SSSR count). The van der Waals surface area contributed by atoms with Crippen LogP contribution < -0.4 is 15.0 Å². The number of ether oxygens (including phenoxy) is 2. The Hall–Kier alpha value is -4.11. The number of amides is 1. The molecule has 0 unspecified atom stereocenters. The number of halogens is 3. The average Bonchev–Trinajstić information content (AvgIpc) is 3.17. The first-order valence-corrected chi connectivity index (χ1v) is 11.7. The van der Waals surface area contributed by atoms with Crippen LogP contribution in [0.3, 0.4) is 0 Å². The van der Waals surface area contributed by atoms with E-state index < -0.39 is 34.7 Å². The van der Waals surface area contributed by atoms with Crippen molar-refractivity contribution in [2.75, 3.05) is 31.4 Å². The fourth-order valence-electron chi connectivity index (χ4n) is 3.81. The van der Waals surface area contributed by atoms with Crippen molar-refractivity contribution in [1.29, 1.82) is 5.26 Å². The van der Waals surface area contributed by atoms with Crippen molar-refractivity contribution >= 4 is 49.2 Å². The summed E-state index contributed by atoms with van der Waals surface area (Å²) in [6.07, 6.45) is -0.861. The molecular weight excluding hydrogens is 507 g/mol. The number of nitrogens with zero attached hydrogens (tertiary/aromatic N) is 4. The largest absolute Gasteiger partial charge is 0.467 e. The third-order valence-corrected chi connectivity index (χ3v) is 6.35. The Morgan fingerprint density at radius 2 is 1.86 bits per heavy atom. The maximum absolute atomic E-state index is 16.0. The highest BCUT2D eigenvalue weighted by atomic mass is 32.1. The van der Waals surface area contributed by atoms with E-state index in [4.69, 9.17) is 9.47 Å². The summed E-state index contributed by atoms with van der Waals surface area (Å²) in [6.45, 7) is 4.98. The summed E-state index contributed by atoms with van der Waals surface area (Å²) in [7, 11) is 4.62. The van der Waals surface area contributed by atoms with E-state index in [9.17, 15) is 14.4 Å². The minimum Gasteiger partial charge on any atom is -0.467 e. The molecule has 0 atom stereocenters. The Morgan fingerprint density at radius 3 is 2.46 bits per heavy atom. The smallest absolute Gasteiger partial charge is 0.412 e. The van der Waals surface area contributed by atoms with E-state index in [2.05, 4.69) is 15.3 Å². The minimum absolute atomic E-state index is 0.0152. The van der Waals surface area contributed by atoms with Crippen LogP contribution in [-0.2, 0) is 4.74 Å². The van der Waals surface area contributed by atoms with Crippen LogP contribution in [-0.4, -0.2) is 42.9 Å². The maximum Gasteiger partial charge on any atom is 0.412 e. The lowest BCUT2D eigenvalue weighted by Gasteiger charge is -2.19. The second-order valence-corrected chi connectivity index (χ2v) is 10.2. The number of nitriles is 1. The monoisotopic (exact) mass is 529 g/mol. The lowest BCUT2D eigenvalue weighted by Crippen LogP contribution is -2.27. The quantitative estimate of drug-likeness (QED) is 0.335. The van der Waals surface area contributed by atoms with Crippen LogP contribution in [0.15, 0.2) is 18.2 Å². The van der Waals surface area contributed by atoms with Crippen LogP contribution in [0, 0.1) is 28.8 Å². The molecule has 1 amide bonds. The summed E-state index contributed by atoms with van der Waals surface area (Å²) in [5.41, 5.74) is -1.79. The van der Waals surface area contributed by atoms with Crippen molar-refractivity contribution in [2.24, 2.45) is 0 Å². The Labute approximate surface area is 214 Å². The van der Waals surface area contributed by atoms with Crippen molar-refractivity contribution in [2.45, 2.75) is 26.4 Å². The topological polar surface area (TPSA) is 100 Å². The van der Waals surface area contributed by atoms with Crippen molar-refractivity contribution < 1.29 is 27.4 Å². The van der Waals surface area contributed by atoms with Gasteiger partial charge in [0.25, 0.3) is 0 Å². The van der Waals surface area contributed by atoms with Gasteiger partial charge in [-0.2, -0.15) is 15.2 Å². The van der Waals surface area contributed by atoms with E-state index >= 15 is 8.78 Å². The van der Waals surface area contributed by atoms with Crippen molar-refractivity contribution in [3.05, 3.63) is 41.2 Å². The lowest BCUT2D eigenvalue weighted by atomic mass is 9.96. The van der Waals surface area contributed by atoms with Gasteiger partial charge in [0.05, 0.1) is 22.9 Å². The highest BCUT2D eigenvalue weighted by Gasteiger charge is 2.27. The number of hydrogen-bond acceptors (Lipinski definition) is 8. The summed E-state index contributed by atoms with van der Waals surface area (Å²) < 4.78 is 56.6. The molecule has 0 bridgehead atoms. The minimum atomic E-state index is -1.04. The number of methoxy groups -OCH3 is 1. The number of hydrogen-bond donors (Lipinski definition) is 1. The fraction of sp³-hybridized carbons (Fsp3) is 0.280. The molecule has 4 aromatic rings. The molecule has 0 saturated heterocycles. The zero-order chi connectivity index (χ0) is 27.2. The molecule has 1 N–H and O–H groups in total. The maximum atomic E-state index is 16.0. The van der Waals surface area contributed by atoms with E-state index in [1.807, 2.05) is 6.07 Å². The fourth-order valence-corrected chi connectivity index (χ4v) is 4.88. The second-order valence-electron chi connectivity index (χ2n) is 9.22. The van der Waals surface area contributed by atoms with Gasteiger partial charge >= 0.3 is 12.1 Å². The summed E-state index contributed by atoms with van der Waals surface area (Å²) >= 11 is 0.759. The van der Waals surface area contributed by atoms with Crippen LogP contribution in [0.5, 0.6) is 6.01 Å². The van der Waals surface area contributed by atoms with Gasteiger partial charge in [-0.25, -0.2) is 18.0 Å². The summed E-state index contributed by atoms with van der Waals surface area (Å²) in [4.78, 5) is 22.1. The molecule has 37 heavy (non-hydrogen) atoms. The van der Waals surface area contributed by atoms with Crippen LogP contribution in [0.1, 0.15) is 26.3 Å². The molecule has 0 aliphatic heterocycles. The molecule has 0 radical (unpaired) electrons. The van der Waals surface area contributed by atoms with Gasteiger partial charge in [-0.05, 0) is 38.5 Å². The molecule has 0 fully saturated rings. The van der Waals surface area contributed by atoms with E-state index in [0.717, 1.165) is 23.5 Å². The molecule has 0 aliphatic carbocycles. The third-order valence-electron chi connectivity index (χ3n) is 5.23. The predicted molar refractivity (Wildman–Crippen MR) is 136 cm³/mol. The van der Waals surface area contributed by atoms with E-state index in [-0.39, 0.29) is 48.9 Å². The Morgan fingerprint density at radius 1 is 1.16 bits per heavy atom. The first-order valence-electron chi connectivity index (χ1n) is 10.9. The van der Waals surface area contributed by atoms with E-state index in [1.54, 1.807) is 39.8 Å². The molecule has 0 aliphatic rings. The van der Waals surface area contributed by atoms with Gasteiger partial charge in [-0.15, -0.1) is 11.3 Å². The molecule has 8 nitrogen and oxygen atoms in total. The number of aromatic nitrogens is 2. The highest BCUT2D eigenvalue weighted by Crippen LogP contribution is 2.45. The molecule has 2 aromatic carbocycles. The van der Waals surface area contributed by atoms with Gasteiger partial charge in [0, 0.05) is 24.9 Å². The second kappa shape index (κ2) is 9.40. The molecule has 12 heteroatoms. The van der Waals surface area contributed by atoms with Crippen LogP contribution in [0.25, 0.3) is 32.1 Å². The van der Waals surface area contributed by atoms with Gasteiger partial charge in [0.2, 0.25) is 0 Å². The summed E-state index contributed by atoms with van der Waals surface area (Å²) in [6, 6.07) is 5.09. The molecular formula is C25H22F3N5O3S. The number of thiophene rings is 1. The molecule has 2 heterocycles. The van der Waals surface area contributed by atoms with Crippen LogP contribution in [0.4, 0.5) is 28.8 Å². The van der Waals surface area contributed by atoms with Gasteiger partial charge in [0.1, 0.15) is 39.6 Å². The van der Waals surface area contributed by atoms with Crippen LogP contribution in [0.2, 0.25) is 0 Å².